The lowest BCUT2D eigenvalue weighted by Crippen LogP contribution is -2.40. The number of fused-ring (bicyclic) bond motifs is 1. The van der Waals surface area contributed by atoms with Crippen LogP contribution in [0.4, 0.5) is 0 Å². The van der Waals surface area contributed by atoms with Gasteiger partial charge in [-0.3, -0.25) is 14.4 Å². The molecule has 2 aromatic carbocycles. The number of aryl methyl sites for hydroxylation is 1. The number of rotatable bonds is 6. The van der Waals surface area contributed by atoms with Gasteiger partial charge in [-0.25, -0.2) is 0 Å². The first kappa shape index (κ1) is 18.7. The molecule has 28 heavy (non-hydrogen) atoms. The molecule has 146 valence electrons. The summed E-state index contributed by atoms with van der Waals surface area (Å²) >= 11 is 0. The van der Waals surface area contributed by atoms with Crippen molar-refractivity contribution in [3.8, 4) is 0 Å². The van der Waals surface area contributed by atoms with E-state index in [1.54, 1.807) is 0 Å². The summed E-state index contributed by atoms with van der Waals surface area (Å²) in [6.07, 6.45) is 6.44. The highest BCUT2D eigenvalue weighted by atomic mass is 16.1. The van der Waals surface area contributed by atoms with Crippen LogP contribution >= 0.6 is 0 Å². The molecule has 1 aliphatic heterocycles. The Morgan fingerprint density at radius 1 is 1.21 bits per heavy atom. The summed E-state index contributed by atoms with van der Waals surface area (Å²) in [6.45, 7) is 6.81. The lowest BCUT2D eigenvalue weighted by atomic mass is 9.97. The summed E-state index contributed by atoms with van der Waals surface area (Å²) in [5.74, 6) is 0.520. The summed E-state index contributed by atoms with van der Waals surface area (Å²) in [7, 11) is 0. The zero-order chi connectivity index (χ0) is 19.3. The average Bonchev–Trinajstić information content (AvgIpc) is 3.19. The van der Waals surface area contributed by atoms with Gasteiger partial charge in [0, 0.05) is 43.5 Å². The van der Waals surface area contributed by atoms with E-state index >= 15 is 0 Å². The molecule has 4 rings (SSSR count). The molecule has 0 saturated carbocycles. The van der Waals surface area contributed by atoms with Gasteiger partial charge in [-0.15, -0.1) is 0 Å². The van der Waals surface area contributed by atoms with Crippen molar-refractivity contribution in [3.05, 3.63) is 66.0 Å². The molecular formula is C23H28N4O. The number of amides is 1. The first-order chi connectivity index (χ1) is 13.7. The van der Waals surface area contributed by atoms with Crippen molar-refractivity contribution in [2.45, 2.75) is 32.9 Å². The third-order valence-electron chi connectivity index (χ3n) is 5.61. The number of benzene rings is 2. The Bertz CT molecular complexity index is 943. The normalized spacial score (nSPS) is 17.7. The second kappa shape index (κ2) is 8.57. The first-order valence-corrected chi connectivity index (χ1v) is 10.2. The van der Waals surface area contributed by atoms with Crippen LogP contribution in [0.15, 0.2) is 54.9 Å². The van der Waals surface area contributed by atoms with Gasteiger partial charge < -0.3 is 5.32 Å². The molecule has 1 atom stereocenters. The molecule has 0 bridgehead atoms. The Balaban J connectivity index is 1.34. The lowest BCUT2D eigenvalue weighted by Gasteiger charge is -2.32. The minimum absolute atomic E-state index is 0.0261. The van der Waals surface area contributed by atoms with Crippen LogP contribution in [0.3, 0.4) is 0 Å². The Hall–Kier alpha value is -2.66. The summed E-state index contributed by atoms with van der Waals surface area (Å²) in [4.78, 5) is 15.3. The van der Waals surface area contributed by atoms with Crippen LogP contribution < -0.4 is 5.32 Å². The van der Waals surface area contributed by atoms with Crippen molar-refractivity contribution in [2.75, 3.05) is 19.6 Å². The lowest BCUT2D eigenvalue weighted by molar-refractivity contribution is 0.0932. The summed E-state index contributed by atoms with van der Waals surface area (Å²) in [6, 6.07) is 14.0. The van der Waals surface area contributed by atoms with Crippen molar-refractivity contribution in [2.24, 2.45) is 5.92 Å². The van der Waals surface area contributed by atoms with Crippen molar-refractivity contribution < 1.29 is 4.79 Å². The third-order valence-corrected chi connectivity index (χ3v) is 5.61. The molecule has 0 radical (unpaired) electrons. The Labute approximate surface area is 166 Å². The molecule has 0 aliphatic carbocycles. The quantitative estimate of drug-likeness (QED) is 0.714. The fourth-order valence-corrected chi connectivity index (χ4v) is 4.14. The number of carbonyl (C=O) groups is 1. The van der Waals surface area contributed by atoms with E-state index in [2.05, 4.69) is 28.4 Å². The number of aromatic nitrogens is 2. The summed E-state index contributed by atoms with van der Waals surface area (Å²) < 4.78 is 1.97. The Kier molecular flexibility index (Phi) is 5.72. The van der Waals surface area contributed by atoms with Crippen molar-refractivity contribution in [1.29, 1.82) is 0 Å². The maximum absolute atomic E-state index is 12.8. The molecule has 1 aromatic heterocycles. The highest BCUT2D eigenvalue weighted by molar-refractivity contribution is 6.06. The molecular weight excluding hydrogens is 348 g/mol. The van der Waals surface area contributed by atoms with E-state index in [0.717, 1.165) is 49.1 Å². The van der Waals surface area contributed by atoms with E-state index in [1.165, 1.54) is 18.4 Å². The number of piperidine rings is 1. The maximum atomic E-state index is 12.8. The molecule has 2 heterocycles. The van der Waals surface area contributed by atoms with Gasteiger partial charge in [0.2, 0.25) is 0 Å². The van der Waals surface area contributed by atoms with Crippen LogP contribution in [0.2, 0.25) is 0 Å². The first-order valence-electron chi connectivity index (χ1n) is 10.2. The summed E-state index contributed by atoms with van der Waals surface area (Å²) in [5.41, 5.74) is 2.03. The van der Waals surface area contributed by atoms with Crippen molar-refractivity contribution in [1.82, 2.24) is 20.0 Å². The van der Waals surface area contributed by atoms with E-state index in [4.69, 9.17) is 0 Å². The molecule has 1 fully saturated rings. The second-order valence-corrected chi connectivity index (χ2v) is 7.68. The molecule has 0 unspecified atom stereocenters. The average molecular weight is 377 g/mol. The number of nitrogens with one attached hydrogen (secondary N) is 1. The number of hydrogen-bond acceptors (Lipinski definition) is 3. The zero-order valence-electron chi connectivity index (χ0n) is 16.5. The Morgan fingerprint density at radius 3 is 2.93 bits per heavy atom. The molecule has 5 nitrogen and oxygen atoms in total. The van der Waals surface area contributed by atoms with Gasteiger partial charge in [0.1, 0.15) is 0 Å². The maximum Gasteiger partial charge on any atom is 0.251 e. The highest BCUT2D eigenvalue weighted by Gasteiger charge is 2.21. The molecule has 1 N–H and O–H groups in total. The molecule has 1 amide bonds. The largest absolute Gasteiger partial charge is 0.352 e. The molecule has 1 aliphatic rings. The second-order valence-electron chi connectivity index (χ2n) is 7.68. The minimum Gasteiger partial charge on any atom is -0.352 e. The van der Waals surface area contributed by atoms with Crippen LogP contribution in [0.1, 0.15) is 35.7 Å². The third kappa shape index (κ3) is 4.25. The van der Waals surface area contributed by atoms with Gasteiger partial charge in [-0.1, -0.05) is 36.4 Å². The Morgan fingerprint density at radius 2 is 2.07 bits per heavy atom. The number of hydrogen-bond donors (Lipinski definition) is 1. The van der Waals surface area contributed by atoms with E-state index in [1.807, 2.05) is 53.3 Å². The van der Waals surface area contributed by atoms with E-state index in [0.29, 0.717) is 5.92 Å². The number of likely N-dealkylation sites (tertiary alicyclic amines) is 1. The van der Waals surface area contributed by atoms with Gasteiger partial charge in [-0.05, 0) is 49.1 Å². The SMILES string of the molecule is CCn1cc(CN2CCC[C@@H](CNC(=O)c3cccc4ccccc34)C2)cn1. The molecule has 5 heteroatoms. The monoisotopic (exact) mass is 376 g/mol. The highest BCUT2D eigenvalue weighted by Crippen LogP contribution is 2.20. The fraction of sp³-hybridized carbons (Fsp3) is 0.391. The minimum atomic E-state index is 0.0261. The van der Waals surface area contributed by atoms with Gasteiger partial charge in [0.05, 0.1) is 6.20 Å². The molecule has 3 aromatic rings. The van der Waals surface area contributed by atoms with Crippen LogP contribution in [0.5, 0.6) is 0 Å². The predicted molar refractivity (Wildman–Crippen MR) is 112 cm³/mol. The van der Waals surface area contributed by atoms with Crippen LogP contribution in [-0.2, 0) is 13.1 Å². The van der Waals surface area contributed by atoms with Crippen LogP contribution in [-0.4, -0.2) is 40.2 Å². The van der Waals surface area contributed by atoms with Crippen LogP contribution in [0, 0.1) is 5.92 Å². The summed E-state index contributed by atoms with van der Waals surface area (Å²) in [5, 5.41) is 9.66. The van der Waals surface area contributed by atoms with Gasteiger partial charge in [0.25, 0.3) is 5.91 Å². The van der Waals surface area contributed by atoms with Gasteiger partial charge >= 0.3 is 0 Å². The standard InChI is InChI=1S/C23H28N4O/c1-2-27-17-19(14-25-27)16-26-12-6-7-18(15-26)13-24-23(28)22-11-5-9-20-8-3-4-10-21(20)22/h3-5,8-11,14,17-18H,2,6-7,12-13,15-16H2,1H3,(H,24,28)/t18-/m0/s1. The van der Waals surface area contributed by atoms with Gasteiger partial charge in [0.15, 0.2) is 0 Å². The van der Waals surface area contributed by atoms with Gasteiger partial charge in [-0.2, -0.15) is 5.10 Å². The van der Waals surface area contributed by atoms with Crippen LogP contribution in [0.25, 0.3) is 10.8 Å². The topological polar surface area (TPSA) is 50.2 Å². The van der Waals surface area contributed by atoms with E-state index < -0.39 is 0 Å². The smallest absolute Gasteiger partial charge is 0.251 e. The van der Waals surface area contributed by atoms with E-state index in [9.17, 15) is 4.79 Å². The van der Waals surface area contributed by atoms with Crippen molar-refractivity contribution >= 4 is 16.7 Å². The van der Waals surface area contributed by atoms with Crippen molar-refractivity contribution in [3.63, 3.8) is 0 Å². The van der Waals surface area contributed by atoms with E-state index in [-0.39, 0.29) is 5.91 Å². The number of nitrogens with zero attached hydrogens (tertiary/aromatic N) is 3. The number of carbonyl (C=O) groups excluding carboxylic acids is 1. The predicted octanol–water partition coefficient (Wildman–Crippen LogP) is 3.70. The fourth-order valence-electron chi connectivity index (χ4n) is 4.14. The molecule has 1 saturated heterocycles. The zero-order valence-corrected chi connectivity index (χ0v) is 16.5. The molecule has 0 spiro atoms.